The molecule has 4 heteroatoms. The molecule has 2 atom stereocenters. The van der Waals surface area contributed by atoms with Crippen LogP contribution in [0.25, 0.3) is 0 Å². The Bertz CT molecular complexity index is 436. The summed E-state index contributed by atoms with van der Waals surface area (Å²) in [6.07, 6.45) is 7.07. The van der Waals surface area contributed by atoms with E-state index in [1.807, 2.05) is 6.92 Å². The Kier molecular flexibility index (Phi) is 3.16. The highest BCUT2D eigenvalue weighted by molar-refractivity contribution is 5.21. The number of rotatable bonds is 4. The van der Waals surface area contributed by atoms with Crippen molar-refractivity contribution in [1.82, 2.24) is 9.55 Å². The molecule has 0 radical (unpaired) electrons. The van der Waals surface area contributed by atoms with Crippen LogP contribution in [-0.2, 0) is 12.8 Å². The number of imidazole rings is 1. The summed E-state index contributed by atoms with van der Waals surface area (Å²) < 4.78 is 2.23. The first-order valence-corrected chi connectivity index (χ1v) is 7.15. The summed E-state index contributed by atoms with van der Waals surface area (Å²) >= 11 is 0. The Morgan fingerprint density at radius 3 is 2.78 bits per heavy atom. The Morgan fingerprint density at radius 2 is 2.11 bits per heavy atom. The van der Waals surface area contributed by atoms with E-state index in [0.29, 0.717) is 5.92 Å². The maximum absolute atomic E-state index is 9.74. The monoisotopic (exact) mass is 249 g/mol. The number of aliphatic hydroxyl groups excluding tert-OH is 1. The van der Waals surface area contributed by atoms with Crippen LogP contribution in [0.1, 0.15) is 48.9 Å². The van der Waals surface area contributed by atoms with E-state index in [2.05, 4.69) is 9.55 Å². The fraction of sp³-hybridized carbons (Fsp3) is 0.786. The van der Waals surface area contributed by atoms with E-state index in [1.54, 1.807) is 0 Å². The lowest BCUT2D eigenvalue weighted by Crippen LogP contribution is -2.37. The van der Waals surface area contributed by atoms with E-state index >= 15 is 0 Å². The minimum Gasteiger partial charge on any atom is -0.394 e. The third-order valence-corrected chi connectivity index (χ3v) is 4.48. The van der Waals surface area contributed by atoms with Crippen molar-refractivity contribution in [3.63, 3.8) is 0 Å². The number of nitrogens with zero attached hydrogens (tertiary/aromatic N) is 2. The molecule has 2 aliphatic rings. The summed E-state index contributed by atoms with van der Waals surface area (Å²) in [7, 11) is 0. The van der Waals surface area contributed by atoms with Gasteiger partial charge in [0.15, 0.2) is 0 Å². The number of fused-ring (bicyclic) bond motifs is 1. The molecular formula is C14H23N3O. The predicted octanol–water partition coefficient (Wildman–Crippen LogP) is 1.34. The average Bonchev–Trinajstić information content (AvgIpc) is 3.16. The molecule has 0 amide bonds. The van der Waals surface area contributed by atoms with Gasteiger partial charge in [-0.25, -0.2) is 4.98 Å². The van der Waals surface area contributed by atoms with E-state index in [0.717, 1.165) is 18.7 Å². The SMILES string of the molecule is Cc1nc2c(n1C(CO)C(N)C1CC1)CCCC2. The molecule has 3 N–H and O–H groups in total. The molecule has 0 aliphatic heterocycles. The molecule has 18 heavy (non-hydrogen) atoms. The van der Waals surface area contributed by atoms with E-state index in [9.17, 15) is 5.11 Å². The summed E-state index contributed by atoms with van der Waals surface area (Å²) in [4.78, 5) is 4.68. The zero-order valence-corrected chi connectivity index (χ0v) is 11.1. The van der Waals surface area contributed by atoms with Gasteiger partial charge in [-0.1, -0.05) is 0 Å². The number of hydrogen-bond acceptors (Lipinski definition) is 3. The van der Waals surface area contributed by atoms with Gasteiger partial charge in [0.25, 0.3) is 0 Å². The fourth-order valence-electron chi connectivity index (χ4n) is 3.31. The van der Waals surface area contributed by atoms with Crippen LogP contribution in [0.2, 0.25) is 0 Å². The Morgan fingerprint density at radius 1 is 1.39 bits per heavy atom. The van der Waals surface area contributed by atoms with Crippen molar-refractivity contribution >= 4 is 0 Å². The predicted molar refractivity (Wildman–Crippen MR) is 70.4 cm³/mol. The summed E-state index contributed by atoms with van der Waals surface area (Å²) in [6.45, 7) is 2.17. The van der Waals surface area contributed by atoms with E-state index in [4.69, 9.17) is 5.73 Å². The van der Waals surface area contributed by atoms with Crippen LogP contribution in [0, 0.1) is 12.8 Å². The van der Waals surface area contributed by atoms with Gasteiger partial charge in [0, 0.05) is 11.7 Å². The van der Waals surface area contributed by atoms with Gasteiger partial charge in [-0.15, -0.1) is 0 Å². The fourth-order valence-corrected chi connectivity index (χ4v) is 3.31. The molecule has 0 bridgehead atoms. The van der Waals surface area contributed by atoms with Crippen LogP contribution >= 0.6 is 0 Å². The van der Waals surface area contributed by atoms with Crippen LogP contribution in [-0.4, -0.2) is 27.3 Å². The molecule has 1 saturated carbocycles. The Balaban J connectivity index is 1.95. The number of aromatic nitrogens is 2. The number of nitrogens with two attached hydrogens (primary N) is 1. The number of aryl methyl sites for hydroxylation is 2. The second kappa shape index (κ2) is 4.67. The quantitative estimate of drug-likeness (QED) is 0.846. The molecule has 1 fully saturated rings. The summed E-state index contributed by atoms with van der Waals surface area (Å²) in [6, 6.07) is 0.0979. The Labute approximate surface area is 108 Å². The molecule has 0 spiro atoms. The second-order valence-corrected chi connectivity index (χ2v) is 5.79. The third kappa shape index (κ3) is 1.97. The van der Waals surface area contributed by atoms with Gasteiger partial charge < -0.3 is 15.4 Å². The summed E-state index contributed by atoms with van der Waals surface area (Å²) in [5, 5.41) is 9.74. The average molecular weight is 249 g/mol. The van der Waals surface area contributed by atoms with Crippen molar-refractivity contribution in [3.8, 4) is 0 Å². The van der Waals surface area contributed by atoms with Crippen LogP contribution in [0.3, 0.4) is 0 Å². The molecule has 0 saturated heterocycles. The lowest BCUT2D eigenvalue weighted by molar-refractivity contribution is 0.194. The maximum atomic E-state index is 9.74. The lowest BCUT2D eigenvalue weighted by Gasteiger charge is -2.27. The van der Waals surface area contributed by atoms with E-state index < -0.39 is 0 Å². The van der Waals surface area contributed by atoms with Crippen molar-refractivity contribution in [2.75, 3.05) is 6.61 Å². The van der Waals surface area contributed by atoms with Crippen molar-refractivity contribution in [2.45, 2.75) is 57.5 Å². The van der Waals surface area contributed by atoms with Gasteiger partial charge in [-0.2, -0.15) is 0 Å². The molecule has 4 nitrogen and oxygen atoms in total. The maximum Gasteiger partial charge on any atom is 0.106 e. The second-order valence-electron chi connectivity index (χ2n) is 5.79. The van der Waals surface area contributed by atoms with Gasteiger partial charge >= 0.3 is 0 Å². The molecule has 2 aliphatic carbocycles. The minimum atomic E-state index is 0.0202. The molecule has 0 aromatic carbocycles. The summed E-state index contributed by atoms with van der Waals surface area (Å²) in [5.74, 6) is 1.63. The summed E-state index contributed by atoms with van der Waals surface area (Å²) in [5.41, 5.74) is 8.88. The first kappa shape index (κ1) is 12.2. The van der Waals surface area contributed by atoms with Gasteiger partial charge in [0.1, 0.15) is 5.82 Å². The van der Waals surface area contributed by atoms with Crippen LogP contribution in [0.15, 0.2) is 0 Å². The molecule has 3 rings (SSSR count). The zero-order valence-electron chi connectivity index (χ0n) is 11.1. The number of aliphatic hydroxyl groups is 1. The number of hydrogen-bond donors (Lipinski definition) is 2. The van der Waals surface area contributed by atoms with E-state index in [1.165, 1.54) is 37.1 Å². The molecule has 2 unspecified atom stereocenters. The molecule has 1 aromatic rings. The van der Waals surface area contributed by atoms with Crippen molar-refractivity contribution in [3.05, 3.63) is 17.2 Å². The molecule has 1 aromatic heterocycles. The first-order valence-electron chi connectivity index (χ1n) is 7.15. The molecular weight excluding hydrogens is 226 g/mol. The topological polar surface area (TPSA) is 64.1 Å². The molecule has 1 heterocycles. The Hall–Kier alpha value is -0.870. The highest BCUT2D eigenvalue weighted by atomic mass is 16.3. The standard InChI is InChI=1S/C14H23N3O/c1-9-16-11-4-2-3-5-12(11)17(9)13(8-18)14(15)10-6-7-10/h10,13-14,18H,2-8,15H2,1H3. The van der Waals surface area contributed by atoms with Crippen molar-refractivity contribution < 1.29 is 5.11 Å². The van der Waals surface area contributed by atoms with E-state index in [-0.39, 0.29) is 18.7 Å². The molecule has 100 valence electrons. The normalized spacial score (nSPS) is 22.6. The highest BCUT2D eigenvalue weighted by Gasteiger charge is 2.36. The van der Waals surface area contributed by atoms with Gasteiger partial charge in [-0.3, -0.25) is 0 Å². The zero-order chi connectivity index (χ0) is 12.7. The highest BCUT2D eigenvalue weighted by Crippen LogP contribution is 2.37. The van der Waals surface area contributed by atoms with Crippen molar-refractivity contribution in [1.29, 1.82) is 0 Å². The van der Waals surface area contributed by atoms with Gasteiger partial charge in [-0.05, 0) is 51.4 Å². The van der Waals surface area contributed by atoms with Crippen LogP contribution in [0.4, 0.5) is 0 Å². The minimum absolute atomic E-state index is 0.0202. The van der Waals surface area contributed by atoms with Crippen LogP contribution < -0.4 is 5.73 Å². The third-order valence-electron chi connectivity index (χ3n) is 4.48. The smallest absolute Gasteiger partial charge is 0.106 e. The van der Waals surface area contributed by atoms with Gasteiger partial charge in [0.2, 0.25) is 0 Å². The van der Waals surface area contributed by atoms with Crippen molar-refractivity contribution in [2.24, 2.45) is 11.7 Å². The lowest BCUT2D eigenvalue weighted by atomic mass is 9.99. The first-order chi connectivity index (χ1) is 8.72. The van der Waals surface area contributed by atoms with Gasteiger partial charge in [0.05, 0.1) is 18.3 Å². The largest absolute Gasteiger partial charge is 0.394 e. The van der Waals surface area contributed by atoms with Crippen LogP contribution in [0.5, 0.6) is 0 Å².